The fourth-order valence-electron chi connectivity index (χ4n) is 4.68. The molecule has 1 saturated heterocycles. The van der Waals surface area contributed by atoms with Gasteiger partial charge in [-0.3, -0.25) is 4.98 Å². The Labute approximate surface area is 190 Å². The summed E-state index contributed by atoms with van der Waals surface area (Å²) in [5.74, 6) is -0.200. The third-order valence-corrected chi connectivity index (χ3v) is 6.18. The second-order valence-corrected chi connectivity index (χ2v) is 10.1. The summed E-state index contributed by atoms with van der Waals surface area (Å²) in [7, 11) is 0. The molecule has 2 heterocycles. The molecule has 0 radical (unpaired) electrons. The molecule has 0 bridgehead atoms. The summed E-state index contributed by atoms with van der Waals surface area (Å²) in [4.78, 5) is 29.1. The van der Waals surface area contributed by atoms with Crippen LogP contribution in [-0.2, 0) is 20.7 Å². The Morgan fingerprint density at radius 3 is 2.56 bits per heavy atom. The van der Waals surface area contributed by atoms with Crippen molar-refractivity contribution in [3.63, 3.8) is 0 Å². The number of hydrogen-bond donors (Lipinski definition) is 2. The average Bonchev–Trinajstić information content (AvgIpc) is 2.91. The van der Waals surface area contributed by atoms with Gasteiger partial charge >= 0.3 is 12.1 Å². The fourth-order valence-corrected chi connectivity index (χ4v) is 4.68. The normalized spacial score (nSPS) is 28.2. The van der Waals surface area contributed by atoms with Crippen LogP contribution in [-0.4, -0.2) is 45.7 Å². The number of rotatable bonds is 8. The molecule has 178 valence electrons. The number of aromatic nitrogens is 1. The van der Waals surface area contributed by atoms with Crippen molar-refractivity contribution in [3.8, 4) is 5.75 Å². The number of amides is 1. The zero-order chi connectivity index (χ0) is 23.5. The Morgan fingerprint density at radius 2 is 2.00 bits per heavy atom. The summed E-state index contributed by atoms with van der Waals surface area (Å²) in [5.41, 5.74) is -0.930. The van der Waals surface area contributed by atoms with Crippen LogP contribution in [0.4, 0.5) is 4.79 Å². The molecule has 1 aliphatic heterocycles. The lowest BCUT2D eigenvalue weighted by molar-refractivity contribution is -0.170. The molecule has 2 atom stereocenters. The molecule has 2 N–H and O–H groups in total. The molecular weight excluding hydrogens is 412 g/mol. The standard InChI is InChI=1S/C24H36N2O6/c1-15(2)12-20(26-22(28)29)24(21(27)31-23(4,5)32-24)14-17-13-19(10-11-25-17)30-18-8-6-16(3)7-9-18/h10-11,13,15-16,18,20,26H,6-9,12,14H2,1-5H3,(H,28,29)/t16-,18-,20-,24-/m1/s1. The maximum atomic E-state index is 13.1. The monoisotopic (exact) mass is 448 g/mol. The average molecular weight is 449 g/mol. The van der Waals surface area contributed by atoms with Gasteiger partial charge in [0.15, 0.2) is 5.60 Å². The highest BCUT2D eigenvalue weighted by Gasteiger charge is 2.59. The van der Waals surface area contributed by atoms with Gasteiger partial charge in [-0.25, -0.2) is 9.59 Å². The maximum Gasteiger partial charge on any atom is 0.404 e. The quantitative estimate of drug-likeness (QED) is 0.571. The smallest absolute Gasteiger partial charge is 0.404 e. The lowest BCUT2D eigenvalue weighted by atomic mass is 9.84. The van der Waals surface area contributed by atoms with E-state index in [0.29, 0.717) is 17.9 Å². The minimum absolute atomic E-state index is 0.0752. The number of cyclic esters (lactones) is 1. The molecule has 2 fully saturated rings. The van der Waals surface area contributed by atoms with E-state index in [4.69, 9.17) is 14.2 Å². The number of ether oxygens (including phenoxy) is 3. The van der Waals surface area contributed by atoms with Gasteiger partial charge in [0.2, 0.25) is 5.79 Å². The Balaban J connectivity index is 1.87. The lowest BCUT2D eigenvalue weighted by Gasteiger charge is -2.35. The summed E-state index contributed by atoms with van der Waals surface area (Å²) in [6, 6.07) is 2.84. The summed E-state index contributed by atoms with van der Waals surface area (Å²) in [6.45, 7) is 9.50. The van der Waals surface area contributed by atoms with E-state index >= 15 is 0 Å². The SMILES string of the molecule is CC(C)C[C@@H](NC(=O)O)[C@@]1(Cc2cc(O[C@H]3CC[C@H](C)CC3)ccn2)OC(C)(C)OC1=O. The van der Waals surface area contributed by atoms with Crippen molar-refractivity contribution in [2.75, 3.05) is 0 Å². The van der Waals surface area contributed by atoms with Crippen LogP contribution >= 0.6 is 0 Å². The van der Waals surface area contributed by atoms with Gasteiger partial charge in [0.05, 0.1) is 12.1 Å². The van der Waals surface area contributed by atoms with Crippen LogP contribution in [0.5, 0.6) is 5.75 Å². The van der Waals surface area contributed by atoms with E-state index in [-0.39, 0.29) is 18.4 Å². The second-order valence-electron chi connectivity index (χ2n) is 10.1. The zero-order valence-electron chi connectivity index (χ0n) is 19.7. The molecule has 0 spiro atoms. The number of carbonyl (C=O) groups is 2. The van der Waals surface area contributed by atoms with Crippen molar-refractivity contribution in [2.24, 2.45) is 11.8 Å². The molecule has 32 heavy (non-hydrogen) atoms. The van der Waals surface area contributed by atoms with E-state index in [1.807, 2.05) is 26.0 Å². The predicted molar refractivity (Wildman–Crippen MR) is 118 cm³/mol. The molecule has 0 aromatic carbocycles. The van der Waals surface area contributed by atoms with Crippen LogP contribution in [0.3, 0.4) is 0 Å². The third-order valence-electron chi connectivity index (χ3n) is 6.18. The van der Waals surface area contributed by atoms with Crippen LogP contribution in [0.15, 0.2) is 18.3 Å². The van der Waals surface area contributed by atoms with Crippen molar-refractivity contribution in [3.05, 3.63) is 24.0 Å². The minimum Gasteiger partial charge on any atom is -0.490 e. The maximum absolute atomic E-state index is 13.1. The highest BCUT2D eigenvalue weighted by Crippen LogP contribution is 2.39. The van der Waals surface area contributed by atoms with E-state index in [9.17, 15) is 14.7 Å². The van der Waals surface area contributed by atoms with Crippen LogP contribution < -0.4 is 10.1 Å². The summed E-state index contributed by atoms with van der Waals surface area (Å²) < 4.78 is 17.8. The fraction of sp³-hybridized carbons (Fsp3) is 0.708. The zero-order valence-corrected chi connectivity index (χ0v) is 19.7. The van der Waals surface area contributed by atoms with Gasteiger partial charge < -0.3 is 24.6 Å². The molecule has 0 unspecified atom stereocenters. The Kier molecular flexibility index (Phi) is 7.32. The lowest BCUT2D eigenvalue weighted by Crippen LogP contribution is -2.58. The van der Waals surface area contributed by atoms with Crippen LogP contribution in [0, 0.1) is 11.8 Å². The molecule has 2 aliphatic rings. The third kappa shape index (κ3) is 5.91. The first-order chi connectivity index (χ1) is 15.0. The molecular formula is C24H36N2O6. The first-order valence-corrected chi connectivity index (χ1v) is 11.5. The van der Waals surface area contributed by atoms with Crippen molar-refractivity contribution in [1.29, 1.82) is 0 Å². The molecule has 8 nitrogen and oxygen atoms in total. The van der Waals surface area contributed by atoms with Crippen molar-refractivity contribution in [2.45, 2.75) is 96.7 Å². The first-order valence-electron chi connectivity index (χ1n) is 11.5. The van der Waals surface area contributed by atoms with E-state index < -0.39 is 29.5 Å². The van der Waals surface area contributed by atoms with Gasteiger partial charge in [-0.2, -0.15) is 0 Å². The number of carboxylic acid groups (broad SMARTS) is 1. The number of pyridine rings is 1. The topological polar surface area (TPSA) is 107 Å². The largest absolute Gasteiger partial charge is 0.490 e. The van der Waals surface area contributed by atoms with Gasteiger partial charge in [0, 0.05) is 38.2 Å². The molecule has 8 heteroatoms. The minimum atomic E-state index is -1.52. The molecule has 1 saturated carbocycles. The van der Waals surface area contributed by atoms with E-state index in [1.165, 1.54) is 0 Å². The van der Waals surface area contributed by atoms with Crippen molar-refractivity contribution in [1.82, 2.24) is 10.3 Å². The number of nitrogens with one attached hydrogen (secondary N) is 1. The molecule has 1 aromatic heterocycles. The molecule has 1 aliphatic carbocycles. The van der Waals surface area contributed by atoms with E-state index in [1.54, 1.807) is 20.0 Å². The van der Waals surface area contributed by atoms with Crippen molar-refractivity contribution < 1.29 is 28.9 Å². The Bertz CT molecular complexity index is 818. The van der Waals surface area contributed by atoms with Gasteiger partial charge in [0.1, 0.15) is 5.75 Å². The summed E-state index contributed by atoms with van der Waals surface area (Å²) in [6.07, 6.45) is 5.43. The highest BCUT2D eigenvalue weighted by atomic mass is 16.8. The van der Waals surface area contributed by atoms with Gasteiger partial charge in [0.25, 0.3) is 0 Å². The van der Waals surface area contributed by atoms with Gasteiger partial charge in [-0.1, -0.05) is 20.8 Å². The van der Waals surface area contributed by atoms with Crippen LogP contribution in [0.2, 0.25) is 0 Å². The summed E-state index contributed by atoms with van der Waals surface area (Å²) in [5, 5.41) is 11.9. The molecule has 1 amide bonds. The number of esters is 1. The molecule has 3 rings (SSSR count). The Hall–Kier alpha value is -2.35. The van der Waals surface area contributed by atoms with Crippen LogP contribution in [0.25, 0.3) is 0 Å². The Morgan fingerprint density at radius 1 is 1.31 bits per heavy atom. The van der Waals surface area contributed by atoms with E-state index in [2.05, 4.69) is 17.2 Å². The first kappa shape index (κ1) is 24.3. The van der Waals surface area contributed by atoms with Crippen LogP contribution in [0.1, 0.15) is 72.4 Å². The number of nitrogens with zero attached hydrogens (tertiary/aromatic N) is 1. The van der Waals surface area contributed by atoms with Crippen molar-refractivity contribution >= 4 is 12.1 Å². The highest BCUT2D eigenvalue weighted by molar-refractivity contribution is 5.84. The van der Waals surface area contributed by atoms with E-state index in [0.717, 1.165) is 31.6 Å². The second kappa shape index (κ2) is 9.65. The van der Waals surface area contributed by atoms with Gasteiger partial charge in [-0.05, 0) is 50.0 Å². The summed E-state index contributed by atoms with van der Waals surface area (Å²) >= 11 is 0. The van der Waals surface area contributed by atoms with Gasteiger partial charge in [-0.15, -0.1) is 0 Å². The number of carbonyl (C=O) groups excluding carboxylic acids is 1. The number of hydrogen-bond acceptors (Lipinski definition) is 6. The molecule has 1 aromatic rings. The predicted octanol–water partition coefficient (Wildman–Crippen LogP) is 4.31.